The van der Waals surface area contributed by atoms with Crippen molar-refractivity contribution < 1.29 is 0 Å². The summed E-state index contributed by atoms with van der Waals surface area (Å²) in [4.78, 5) is 6.37. The minimum Gasteiger partial charge on any atom is -0.247 e. The van der Waals surface area contributed by atoms with Crippen molar-refractivity contribution in [3.05, 3.63) is 71.2 Å². The molecule has 0 spiro atoms. The average molecular weight is 348 g/mol. The van der Waals surface area contributed by atoms with Crippen molar-refractivity contribution in [2.75, 3.05) is 5.75 Å². The van der Waals surface area contributed by atoms with Crippen LogP contribution >= 0.6 is 23.4 Å². The molecule has 0 saturated carbocycles. The Morgan fingerprint density at radius 3 is 2.62 bits per heavy atom. The normalized spacial score (nSPS) is 13.5. The highest BCUT2D eigenvalue weighted by Crippen LogP contribution is 2.43. The number of aryl methyl sites for hydroxylation is 1. The Morgan fingerprint density at radius 1 is 0.917 bits per heavy atom. The SMILES string of the molecule is Clc1ccc(-c2nc3ccc4ccccc4c3c3c2SCC3)cc1. The van der Waals surface area contributed by atoms with E-state index in [1.807, 2.05) is 23.9 Å². The quantitative estimate of drug-likeness (QED) is 0.372. The molecule has 0 bridgehead atoms. The summed E-state index contributed by atoms with van der Waals surface area (Å²) >= 11 is 7.97. The van der Waals surface area contributed by atoms with Gasteiger partial charge in [0, 0.05) is 26.6 Å². The molecule has 0 atom stereocenters. The number of pyridine rings is 1. The van der Waals surface area contributed by atoms with Crippen LogP contribution in [0.5, 0.6) is 0 Å². The Hall–Kier alpha value is -2.03. The zero-order valence-electron chi connectivity index (χ0n) is 12.9. The van der Waals surface area contributed by atoms with Crippen molar-refractivity contribution in [2.24, 2.45) is 0 Å². The van der Waals surface area contributed by atoms with Crippen LogP contribution in [0.25, 0.3) is 32.9 Å². The molecule has 3 heteroatoms. The molecule has 0 radical (unpaired) electrons. The van der Waals surface area contributed by atoms with Crippen molar-refractivity contribution in [1.82, 2.24) is 4.98 Å². The number of benzene rings is 3. The third-order valence-corrected chi connectivity index (χ3v) is 6.03. The zero-order chi connectivity index (χ0) is 16.1. The average Bonchev–Trinajstić information content (AvgIpc) is 3.11. The molecule has 1 aliphatic rings. The molecule has 0 aliphatic carbocycles. The van der Waals surface area contributed by atoms with E-state index in [9.17, 15) is 0 Å². The Labute approximate surface area is 149 Å². The van der Waals surface area contributed by atoms with Crippen LogP contribution in [0.15, 0.2) is 65.6 Å². The molecule has 24 heavy (non-hydrogen) atoms. The third kappa shape index (κ3) is 2.14. The number of aromatic nitrogens is 1. The minimum atomic E-state index is 0.759. The highest BCUT2D eigenvalue weighted by Gasteiger charge is 2.22. The third-order valence-electron chi connectivity index (χ3n) is 4.65. The molecule has 0 saturated heterocycles. The Bertz CT molecular complexity index is 1090. The fourth-order valence-electron chi connectivity index (χ4n) is 3.55. The number of fused-ring (bicyclic) bond motifs is 5. The van der Waals surface area contributed by atoms with E-state index in [1.165, 1.54) is 26.6 Å². The predicted molar refractivity (Wildman–Crippen MR) is 104 cm³/mol. The lowest BCUT2D eigenvalue weighted by atomic mass is 9.97. The van der Waals surface area contributed by atoms with Crippen molar-refractivity contribution >= 4 is 45.0 Å². The molecule has 1 nitrogen and oxygen atoms in total. The van der Waals surface area contributed by atoms with Crippen LogP contribution in [0.3, 0.4) is 0 Å². The molecule has 0 N–H and O–H groups in total. The van der Waals surface area contributed by atoms with Crippen LogP contribution in [-0.2, 0) is 6.42 Å². The van der Waals surface area contributed by atoms with Gasteiger partial charge < -0.3 is 0 Å². The van der Waals surface area contributed by atoms with Gasteiger partial charge in [-0.1, -0.05) is 54.1 Å². The Balaban J connectivity index is 1.88. The van der Waals surface area contributed by atoms with Gasteiger partial charge in [-0.05, 0) is 41.0 Å². The maximum Gasteiger partial charge on any atom is 0.0848 e. The second-order valence-corrected chi connectivity index (χ2v) is 7.60. The van der Waals surface area contributed by atoms with E-state index in [2.05, 4.69) is 48.5 Å². The molecule has 0 amide bonds. The standard InChI is InChI=1S/C21H14ClNS/c22-15-8-5-14(6-9-15)20-21-17(11-12-24-21)19-16-4-2-1-3-13(16)7-10-18(19)23-20/h1-10H,11-12H2. The lowest BCUT2D eigenvalue weighted by Crippen LogP contribution is -1.94. The lowest BCUT2D eigenvalue weighted by molar-refractivity contribution is 1.15. The summed E-state index contributed by atoms with van der Waals surface area (Å²) in [5, 5.41) is 4.68. The van der Waals surface area contributed by atoms with Crippen LogP contribution in [0.2, 0.25) is 5.02 Å². The van der Waals surface area contributed by atoms with Gasteiger partial charge in [0.05, 0.1) is 11.2 Å². The summed E-state index contributed by atoms with van der Waals surface area (Å²) in [5.74, 6) is 1.12. The van der Waals surface area contributed by atoms with Gasteiger partial charge in [-0.2, -0.15) is 0 Å². The van der Waals surface area contributed by atoms with Gasteiger partial charge in [0.15, 0.2) is 0 Å². The fourth-order valence-corrected chi connectivity index (χ4v) is 4.87. The molecule has 0 unspecified atom stereocenters. The van der Waals surface area contributed by atoms with Gasteiger partial charge in [-0.15, -0.1) is 11.8 Å². The van der Waals surface area contributed by atoms with Crippen molar-refractivity contribution in [3.8, 4) is 11.3 Å². The topological polar surface area (TPSA) is 12.9 Å². The monoisotopic (exact) mass is 347 g/mol. The van der Waals surface area contributed by atoms with Crippen molar-refractivity contribution in [2.45, 2.75) is 11.3 Å². The van der Waals surface area contributed by atoms with Crippen molar-refractivity contribution in [1.29, 1.82) is 0 Å². The van der Waals surface area contributed by atoms with Gasteiger partial charge in [0.25, 0.3) is 0 Å². The van der Waals surface area contributed by atoms with Crippen molar-refractivity contribution in [3.63, 3.8) is 0 Å². The number of hydrogen-bond donors (Lipinski definition) is 0. The predicted octanol–water partition coefficient (Wildman–Crippen LogP) is 6.36. The smallest absolute Gasteiger partial charge is 0.0848 e. The molecule has 3 aromatic carbocycles. The molecular formula is C21H14ClNS. The van der Waals surface area contributed by atoms with Gasteiger partial charge in [-0.3, -0.25) is 0 Å². The number of halogens is 1. The fraction of sp³-hybridized carbons (Fsp3) is 0.0952. The number of rotatable bonds is 1. The summed E-state index contributed by atoms with van der Waals surface area (Å²) in [6, 6.07) is 20.9. The van der Waals surface area contributed by atoms with Crippen LogP contribution in [0.1, 0.15) is 5.56 Å². The maximum absolute atomic E-state index is 6.05. The van der Waals surface area contributed by atoms with E-state index in [-0.39, 0.29) is 0 Å². The van der Waals surface area contributed by atoms with Crippen LogP contribution in [-0.4, -0.2) is 10.7 Å². The molecular weight excluding hydrogens is 334 g/mol. The van der Waals surface area contributed by atoms with E-state index in [1.54, 1.807) is 0 Å². The first-order valence-electron chi connectivity index (χ1n) is 8.04. The number of hydrogen-bond acceptors (Lipinski definition) is 2. The summed E-state index contributed by atoms with van der Waals surface area (Å²) in [6.07, 6.45) is 1.10. The molecule has 2 heterocycles. The summed E-state index contributed by atoms with van der Waals surface area (Å²) in [6.45, 7) is 0. The molecule has 5 rings (SSSR count). The summed E-state index contributed by atoms with van der Waals surface area (Å²) < 4.78 is 0. The van der Waals surface area contributed by atoms with E-state index in [0.29, 0.717) is 0 Å². The summed E-state index contributed by atoms with van der Waals surface area (Å²) in [7, 11) is 0. The van der Waals surface area contributed by atoms with E-state index in [4.69, 9.17) is 16.6 Å². The lowest BCUT2D eigenvalue weighted by Gasteiger charge is -2.13. The van der Waals surface area contributed by atoms with E-state index >= 15 is 0 Å². The largest absolute Gasteiger partial charge is 0.247 e. The number of nitrogens with zero attached hydrogens (tertiary/aromatic N) is 1. The molecule has 1 aromatic heterocycles. The first-order chi connectivity index (χ1) is 11.8. The molecule has 4 aromatic rings. The zero-order valence-corrected chi connectivity index (χ0v) is 14.5. The van der Waals surface area contributed by atoms with E-state index < -0.39 is 0 Å². The van der Waals surface area contributed by atoms with Crippen LogP contribution < -0.4 is 0 Å². The molecule has 116 valence electrons. The van der Waals surface area contributed by atoms with Gasteiger partial charge in [0.1, 0.15) is 0 Å². The Morgan fingerprint density at radius 2 is 1.75 bits per heavy atom. The molecule has 1 aliphatic heterocycles. The van der Waals surface area contributed by atoms with Crippen LogP contribution in [0.4, 0.5) is 0 Å². The Kier molecular flexibility index (Phi) is 3.29. The maximum atomic E-state index is 6.05. The summed E-state index contributed by atoms with van der Waals surface area (Å²) in [5.41, 5.74) is 4.76. The van der Waals surface area contributed by atoms with E-state index in [0.717, 1.165) is 34.0 Å². The number of thioether (sulfide) groups is 1. The second-order valence-electron chi connectivity index (χ2n) is 6.05. The first kappa shape index (κ1) is 14.3. The second kappa shape index (κ2) is 5.51. The highest BCUT2D eigenvalue weighted by atomic mass is 35.5. The highest BCUT2D eigenvalue weighted by molar-refractivity contribution is 7.99. The minimum absolute atomic E-state index is 0.759. The van der Waals surface area contributed by atoms with Crippen LogP contribution in [0, 0.1) is 0 Å². The van der Waals surface area contributed by atoms with Gasteiger partial charge in [-0.25, -0.2) is 4.98 Å². The molecule has 0 fully saturated rings. The first-order valence-corrected chi connectivity index (χ1v) is 9.41. The van der Waals surface area contributed by atoms with Gasteiger partial charge >= 0.3 is 0 Å². The van der Waals surface area contributed by atoms with Gasteiger partial charge in [0.2, 0.25) is 0 Å².